The van der Waals surface area contributed by atoms with Gasteiger partial charge in [-0.15, -0.1) is 0 Å². The molecule has 1 aliphatic carbocycles. The van der Waals surface area contributed by atoms with Crippen LogP contribution < -0.4 is 0 Å². The number of allylic oxidation sites excluding steroid dienone is 1. The van der Waals surface area contributed by atoms with Crippen LogP contribution in [0.2, 0.25) is 0 Å². The Balaban J connectivity index is 0.000000878. The van der Waals surface area contributed by atoms with Gasteiger partial charge in [-0.25, -0.2) is 0 Å². The van der Waals surface area contributed by atoms with Crippen LogP contribution in [0, 0.1) is 6.42 Å². The molecule has 28 heavy (non-hydrogen) atoms. The summed E-state index contributed by atoms with van der Waals surface area (Å²) < 4.78 is 0. The molecule has 0 amide bonds. The van der Waals surface area contributed by atoms with Gasteiger partial charge in [0.25, 0.3) is 0 Å². The van der Waals surface area contributed by atoms with Crippen LogP contribution in [-0.2, 0) is 27.3 Å². The van der Waals surface area contributed by atoms with Crippen LogP contribution in [0.3, 0.4) is 0 Å². The van der Waals surface area contributed by atoms with Crippen LogP contribution >= 0.6 is 17.0 Å². The van der Waals surface area contributed by atoms with E-state index >= 15 is 0 Å². The van der Waals surface area contributed by atoms with E-state index in [-0.39, 0.29) is 0 Å². The molecule has 0 saturated heterocycles. The van der Waals surface area contributed by atoms with Gasteiger partial charge in [-0.05, 0) is 53.5 Å². The van der Waals surface area contributed by atoms with Crippen molar-refractivity contribution < 1.29 is 20.8 Å². The standard InChI is InChI=1S/C25H31.2ClH.Zr/c1-3-5-7-8-11-21-18-23-12-9-13-24(25(23)19-21)22-16-14-20(15-17-22)10-6-4-2;;;/h9,12-19H,3-8,10-11H2,1-2H3;2*1H;/q;;;+2/p-2. The van der Waals surface area contributed by atoms with Gasteiger partial charge in [-0.3, -0.25) is 0 Å². The summed E-state index contributed by atoms with van der Waals surface area (Å²) in [5.41, 5.74) is 8.47. The Kier molecular flexibility index (Phi) is 11.8. The molecule has 0 saturated carbocycles. The van der Waals surface area contributed by atoms with Crippen LogP contribution in [0.5, 0.6) is 0 Å². The minimum atomic E-state index is -0.826. The third-order valence-electron chi connectivity index (χ3n) is 5.21. The van der Waals surface area contributed by atoms with E-state index in [4.69, 9.17) is 17.0 Å². The average molecular weight is 494 g/mol. The molecular formula is C25H31Cl2Zr. The molecule has 0 heterocycles. The molecule has 0 unspecified atom stereocenters. The summed E-state index contributed by atoms with van der Waals surface area (Å²) in [5.74, 6) is 0. The van der Waals surface area contributed by atoms with Gasteiger partial charge in [-0.1, -0.05) is 93.6 Å². The normalized spacial score (nSPS) is 12.1. The number of hydrogen-bond acceptors (Lipinski definition) is 0. The van der Waals surface area contributed by atoms with Gasteiger partial charge in [0, 0.05) is 6.42 Å². The van der Waals surface area contributed by atoms with Crippen molar-refractivity contribution in [2.75, 3.05) is 0 Å². The van der Waals surface area contributed by atoms with Gasteiger partial charge in [0.2, 0.25) is 0 Å². The number of aryl methyl sites for hydroxylation is 1. The van der Waals surface area contributed by atoms with E-state index in [0.29, 0.717) is 0 Å². The number of halogens is 2. The molecule has 0 aliphatic heterocycles. The summed E-state index contributed by atoms with van der Waals surface area (Å²) in [4.78, 5) is 0. The second-order valence-electron chi connectivity index (χ2n) is 7.35. The summed E-state index contributed by atoms with van der Waals surface area (Å²) in [7, 11) is 9.87. The number of hydrogen-bond donors (Lipinski definition) is 0. The summed E-state index contributed by atoms with van der Waals surface area (Å²) >= 11 is -0.826. The Hall–Kier alpha value is -0.357. The predicted molar refractivity (Wildman–Crippen MR) is 122 cm³/mol. The van der Waals surface area contributed by atoms with Crippen molar-refractivity contribution in [2.24, 2.45) is 0 Å². The van der Waals surface area contributed by atoms with Crippen molar-refractivity contribution in [3.05, 3.63) is 71.1 Å². The Bertz CT molecular complexity index is 735. The maximum absolute atomic E-state index is 4.93. The van der Waals surface area contributed by atoms with Gasteiger partial charge < -0.3 is 0 Å². The van der Waals surface area contributed by atoms with Gasteiger partial charge in [0.05, 0.1) is 0 Å². The molecule has 0 aromatic heterocycles. The van der Waals surface area contributed by atoms with Gasteiger partial charge in [0.1, 0.15) is 0 Å². The van der Waals surface area contributed by atoms with E-state index in [2.05, 4.69) is 68.8 Å². The van der Waals surface area contributed by atoms with Crippen LogP contribution in [0.15, 0.2) is 48.0 Å². The fraction of sp³-hybridized carbons (Fsp3) is 0.400. The molecule has 3 heteroatoms. The van der Waals surface area contributed by atoms with Crippen molar-refractivity contribution in [1.82, 2.24) is 0 Å². The number of unbranched alkanes of at least 4 members (excludes halogenated alkanes) is 4. The van der Waals surface area contributed by atoms with Crippen LogP contribution in [0.4, 0.5) is 0 Å². The van der Waals surface area contributed by atoms with E-state index in [0.717, 1.165) is 0 Å². The first-order valence-corrected chi connectivity index (χ1v) is 16.8. The maximum atomic E-state index is 4.93. The van der Waals surface area contributed by atoms with Crippen molar-refractivity contribution in [3.63, 3.8) is 0 Å². The first kappa shape index (κ1) is 23.9. The SMILES string of the molecule is CCCCCCC1=Cc2c(cccc2-c2ccc(CCCC)cc2)[CH]1.[Cl][Zr][Cl]. The number of fused-ring (bicyclic) bond motifs is 1. The molecule has 2 aromatic carbocycles. The fourth-order valence-electron chi connectivity index (χ4n) is 3.68. The minimum absolute atomic E-state index is 0.826. The Morgan fingerprint density at radius 3 is 2.18 bits per heavy atom. The monoisotopic (exact) mass is 491 g/mol. The molecule has 1 radical (unpaired) electrons. The predicted octanol–water partition coefficient (Wildman–Crippen LogP) is 8.99. The summed E-state index contributed by atoms with van der Waals surface area (Å²) in [6.07, 6.45) is 15.1. The van der Waals surface area contributed by atoms with E-state index in [1.807, 2.05) is 0 Å². The summed E-state index contributed by atoms with van der Waals surface area (Å²) in [6.45, 7) is 4.53. The summed E-state index contributed by atoms with van der Waals surface area (Å²) in [5, 5.41) is 0. The van der Waals surface area contributed by atoms with E-state index < -0.39 is 20.8 Å². The Labute approximate surface area is 190 Å². The zero-order chi connectivity index (χ0) is 20.2. The van der Waals surface area contributed by atoms with E-state index in [9.17, 15) is 0 Å². The molecule has 0 N–H and O–H groups in total. The molecule has 3 rings (SSSR count). The van der Waals surface area contributed by atoms with Crippen molar-refractivity contribution in [2.45, 2.75) is 65.2 Å². The van der Waals surface area contributed by atoms with Gasteiger partial charge in [0.15, 0.2) is 0 Å². The molecular weight excluding hydrogens is 462 g/mol. The topological polar surface area (TPSA) is 0 Å². The second-order valence-corrected chi connectivity index (χ2v) is 11.1. The fourth-order valence-corrected chi connectivity index (χ4v) is 3.68. The molecule has 149 valence electrons. The zero-order valence-corrected chi connectivity index (χ0v) is 21.1. The summed E-state index contributed by atoms with van der Waals surface area (Å²) in [6, 6.07) is 15.9. The number of rotatable bonds is 9. The Morgan fingerprint density at radius 1 is 0.786 bits per heavy atom. The molecule has 1 aliphatic rings. The van der Waals surface area contributed by atoms with Crippen LogP contribution in [0.1, 0.15) is 75.5 Å². The molecule has 0 spiro atoms. The zero-order valence-electron chi connectivity index (χ0n) is 17.1. The molecule has 2 aromatic rings. The van der Waals surface area contributed by atoms with Crippen molar-refractivity contribution in [3.8, 4) is 11.1 Å². The van der Waals surface area contributed by atoms with Gasteiger partial charge >= 0.3 is 37.9 Å². The van der Waals surface area contributed by atoms with E-state index in [1.165, 1.54) is 84.8 Å². The first-order chi connectivity index (χ1) is 13.7. The second kappa shape index (κ2) is 13.8. The third-order valence-corrected chi connectivity index (χ3v) is 5.21. The number of benzene rings is 2. The van der Waals surface area contributed by atoms with E-state index in [1.54, 1.807) is 0 Å². The quantitative estimate of drug-likeness (QED) is 0.306. The van der Waals surface area contributed by atoms with Crippen LogP contribution in [0.25, 0.3) is 17.2 Å². The van der Waals surface area contributed by atoms with Gasteiger partial charge in [-0.2, -0.15) is 0 Å². The van der Waals surface area contributed by atoms with Crippen molar-refractivity contribution >= 4 is 23.1 Å². The molecule has 0 atom stereocenters. The first-order valence-electron chi connectivity index (χ1n) is 10.5. The molecule has 0 bridgehead atoms. The Morgan fingerprint density at radius 2 is 1.50 bits per heavy atom. The third kappa shape index (κ3) is 7.48. The molecule has 0 nitrogen and oxygen atoms in total. The molecule has 0 fully saturated rings. The van der Waals surface area contributed by atoms with Crippen molar-refractivity contribution in [1.29, 1.82) is 0 Å². The average Bonchev–Trinajstić information content (AvgIpc) is 3.14. The van der Waals surface area contributed by atoms with Crippen LogP contribution in [-0.4, -0.2) is 0 Å².